The molecule has 1 N–H and O–H groups in total. The van der Waals surface area contributed by atoms with Crippen molar-refractivity contribution in [1.82, 2.24) is 10.2 Å². The normalized spacial score (nSPS) is 19.9. The molecule has 0 bridgehead atoms. The fourth-order valence-electron chi connectivity index (χ4n) is 4.26. The summed E-state index contributed by atoms with van der Waals surface area (Å²) < 4.78 is 6.05. The number of rotatable bonds is 10. The molecule has 1 saturated heterocycles. The van der Waals surface area contributed by atoms with E-state index in [1.807, 2.05) is 24.3 Å². The summed E-state index contributed by atoms with van der Waals surface area (Å²) in [6, 6.07) is 15.4. The highest BCUT2D eigenvalue weighted by atomic mass is 16.5. The summed E-state index contributed by atoms with van der Waals surface area (Å²) in [7, 11) is 0. The molecule has 1 amide bonds. The van der Waals surface area contributed by atoms with Crippen LogP contribution in [-0.2, 0) is 4.79 Å². The van der Waals surface area contributed by atoms with Crippen molar-refractivity contribution in [3.8, 4) is 5.75 Å². The molecule has 0 radical (unpaired) electrons. The van der Waals surface area contributed by atoms with Gasteiger partial charge in [0.25, 0.3) is 5.91 Å². The van der Waals surface area contributed by atoms with E-state index >= 15 is 0 Å². The number of carbonyl (C=O) groups is 1. The third-order valence-corrected chi connectivity index (χ3v) is 6.22. The summed E-state index contributed by atoms with van der Waals surface area (Å²) in [4.78, 5) is 15.5. The molecule has 1 saturated carbocycles. The number of amides is 1. The average molecular weight is 407 g/mol. The second-order valence-electron chi connectivity index (χ2n) is 8.71. The molecule has 2 aromatic carbocycles. The van der Waals surface area contributed by atoms with Gasteiger partial charge in [-0.1, -0.05) is 56.2 Å². The number of carbonyl (C=O) groups excluding carboxylic acids is 1. The predicted molar refractivity (Wildman–Crippen MR) is 123 cm³/mol. The van der Waals surface area contributed by atoms with Crippen LogP contribution < -0.4 is 10.1 Å². The largest absolute Gasteiger partial charge is 0.489 e. The van der Waals surface area contributed by atoms with Crippen molar-refractivity contribution in [3.05, 3.63) is 54.1 Å². The van der Waals surface area contributed by atoms with Crippen molar-refractivity contribution in [1.29, 1.82) is 0 Å². The third kappa shape index (κ3) is 5.63. The summed E-state index contributed by atoms with van der Waals surface area (Å²) in [5, 5.41) is 5.62. The summed E-state index contributed by atoms with van der Waals surface area (Å²) in [5.74, 6) is 0.844. The lowest BCUT2D eigenvalue weighted by atomic mass is 10.1. The van der Waals surface area contributed by atoms with Crippen molar-refractivity contribution in [2.75, 3.05) is 19.7 Å². The van der Waals surface area contributed by atoms with E-state index in [2.05, 4.69) is 41.4 Å². The Balaban J connectivity index is 1.37. The van der Waals surface area contributed by atoms with E-state index < -0.39 is 0 Å². The first kappa shape index (κ1) is 20.9. The fourth-order valence-corrected chi connectivity index (χ4v) is 4.26. The van der Waals surface area contributed by atoms with Crippen molar-refractivity contribution in [2.45, 2.75) is 64.0 Å². The van der Waals surface area contributed by atoms with E-state index in [-0.39, 0.29) is 11.9 Å². The zero-order valence-corrected chi connectivity index (χ0v) is 18.1. The molecular formula is C26H34N2O2. The summed E-state index contributed by atoms with van der Waals surface area (Å²) in [6.07, 6.45) is 10.2. The summed E-state index contributed by atoms with van der Waals surface area (Å²) in [6.45, 7) is 4.62. The van der Waals surface area contributed by atoms with Gasteiger partial charge in [-0.15, -0.1) is 0 Å². The highest BCUT2D eigenvalue weighted by molar-refractivity contribution is 5.94. The minimum absolute atomic E-state index is 0.0370. The lowest BCUT2D eigenvalue weighted by molar-refractivity contribution is -0.118. The van der Waals surface area contributed by atoms with E-state index in [0.717, 1.165) is 55.1 Å². The number of nitrogens with one attached hydrogen (secondary N) is 1. The third-order valence-electron chi connectivity index (χ3n) is 6.22. The standard InChI is InChI=1S/C26H34N2O2/c1-2-3-4-5-10-22(26(29)27-23-15-16-28(18-23)24-12-13-24)19-30-25-14-11-20-8-6-7-9-21(20)17-25/h6-11,14,17,23-24H,2-5,12-13,15-16,18-19H2,1H3,(H,27,29)/b22-10+. The Morgan fingerprint density at radius 1 is 1.13 bits per heavy atom. The summed E-state index contributed by atoms with van der Waals surface area (Å²) in [5.41, 5.74) is 0.754. The van der Waals surface area contributed by atoms with Gasteiger partial charge < -0.3 is 10.1 Å². The van der Waals surface area contributed by atoms with Gasteiger partial charge in [0.1, 0.15) is 12.4 Å². The Morgan fingerprint density at radius 3 is 2.77 bits per heavy atom. The van der Waals surface area contributed by atoms with Crippen LogP contribution in [0.15, 0.2) is 54.1 Å². The minimum atomic E-state index is 0.0370. The van der Waals surface area contributed by atoms with Gasteiger partial charge in [-0.3, -0.25) is 9.69 Å². The molecule has 1 atom stereocenters. The molecule has 1 unspecified atom stereocenters. The average Bonchev–Trinajstić information content (AvgIpc) is 3.52. The molecule has 2 aromatic rings. The molecule has 4 nitrogen and oxygen atoms in total. The Hall–Kier alpha value is -2.33. The monoisotopic (exact) mass is 406 g/mol. The van der Waals surface area contributed by atoms with Gasteiger partial charge in [0, 0.05) is 25.2 Å². The van der Waals surface area contributed by atoms with E-state index in [9.17, 15) is 4.79 Å². The highest BCUT2D eigenvalue weighted by Crippen LogP contribution is 2.30. The second kappa shape index (κ2) is 10.1. The second-order valence-corrected chi connectivity index (χ2v) is 8.71. The number of likely N-dealkylation sites (tertiary alicyclic amines) is 1. The first-order valence-corrected chi connectivity index (χ1v) is 11.6. The molecule has 4 heteroatoms. The molecule has 4 rings (SSSR count). The molecule has 0 aromatic heterocycles. The summed E-state index contributed by atoms with van der Waals surface area (Å²) >= 11 is 0. The molecule has 30 heavy (non-hydrogen) atoms. The molecule has 2 aliphatic rings. The number of unbranched alkanes of at least 4 members (excludes halogenated alkanes) is 3. The first-order valence-electron chi connectivity index (χ1n) is 11.6. The van der Waals surface area contributed by atoms with E-state index in [4.69, 9.17) is 4.74 Å². The molecule has 160 valence electrons. The topological polar surface area (TPSA) is 41.6 Å². The smallest absolute Gasteiger partial charge is 0.250 e. The van der Waals surface area contributed by atoms with Crippen molar-refractivity contribution in [3.63, 3.8) is 0 Å². The zero-order chi connectivity index (χ0) is 20.8. The van der Waals surface area contributed by atoms with Crippen LogP contribution in [0, 0.1) is 0 Å². The fraction of sp³-hybridized carbons (Fsp3) is 0.500. The Kier molecular flexibility index (Phi) is 7.06. The maximum atomic E-state index is 13.0. The maximum absolute atomic E-state index is 13.0. The van der Waals surface area contributed by atoms with Crippen LogP contribution in [0.3, 0.4) is 0 Å². The predicted octanol–water partition coefficient (Wildman–Crippen LogP) is 5.08. The lowest BCUT2D eigenvalue weighted by Gasteiger charge is -2.17. The van der Waals surface area contributed by atoms with Gasteiger partial charge in [-0.2, -0.15) is 0 Å². The minimum Gasteiger partial charge on any atom is -0.489 e. The number of ether oxygens (including phenoxy) is 1. The molecular weight excluding hydrogens is 372 g/mol. The number of hydrogen-bond acceptors (Lipinski definition) is 3. The van der Waals surface area contributed by atoms with E-state index in [1.165, 1.54) is 31.1 Å². The van der Waals surface area contributed by atoms with Crippen LogP contribution in [0.4, 0.5) is 0 Å². The van der Waals surface area contributed by atoms with Gasteiger partial charge in [0.05, 0.1) is 5.57 Å². The van der Waals surface area contributed by atoms with Crippen molar-refractivity contribution < 1.29 is 9.53 Å². The van der Waals surface area contributed by atoms with Gasteiger partial charge in [0.15, 0.2) is 0 Å². The van der Waals surface area contributed by atoms with Gasteiger partial charge in [-0.05, 0) is 55.0 Å². The number of allylic oxidation sites excluding steroid dienone is 1. The number of fused-ring (bicyclic) bond motifs is 1. The van der Waals surface area contributed by atoms with Gasteiger partial charge >= 0.3 is 0 Å². The van der Waals surface area contributed by atoms with Crippen LogP contribution in [0.5, 0.6) is 5.75 Å². The Morgan fingerprint density at radius 2 is 1.97 bits per heavy atom. The van der Waals surface area contributed by atoms with Crippen LogP contribution in [0.1, 0.15) is 51.9 Å². The van der Waals surface area contributed by atoms with E-state index in [0.29, 0.717) is 6.61 Å². The first-order chi connectivity index (χ1) is 14.7. The maximum Gasteiger partial charge on any atom is 0.250 e. The molecule has 0 spiro atoms. The van der Waals surface area contributed by atoms with Crippen molar-refractivity contribution in [2.24, 2.45) is 0 Å². The van der Waals surface area contributed by atoms with Crippen LogP contribution in [0.25, 0.3) is 10.8 Å². The zero-order valence-electron chi connectivity index (χ0n) is 18.1. The molecule has 2 fully saturated rings. The highest BCUT2D eigenvalue weighted by Gasteiger charge is 2.35. The lowest BCUT2D eigenvalue weighted by Crippen LogP contribution is -2.39. The quantitative estimate of drug-likeness (QED) is 0.442. The van der Waals surface area contributed by atoms with Gasteiger partial charge in [-0.25, -0.2) is 0 Å². The Bertz CT molecular complexity index is 887. The van der Waals surface area contributed by atoms with Crippen LogP contribution >= 0.6 is 0 Å². The van der Waals surface area contributed by atoms with Crippen LogP contribution in [-0.4, -0.2) is 42.6 Å². The molecule has 1 aliphatic carbocycles. The molecule has 1 heterocycles. The van der Waals surface area contributed by atoms with Crippen LogP contribution in [0.2, 0.25) is 0 Å². The van der Waals surface area contributed by atoms with E-state index in [1.54, 1.807) is 0 Å². The Labute approximate surface area is 180 Å². The molecule has 1 aliphatic heterocycles. The number of hydrogen-bond donors (Lipinski definition) is 1. The number of benzene rings is 2. The van der Waals surface area contributed by atoms with Gasteiger partial charge in [0.2, 0.25) is 0 Å². The van der Waals surface area contributed by atoms with Crippen molar-refractivity contribution >= 4 is 16.7 Å². The number of nitrogens with zero attached hydrogens (tertiary/aromatic N) is 1. The SMILES string of the molecule is CCCCC/C=C(\COc1ccc2ccccc2c1)C(=O)NC1CCN(C2CC2)C1.